The first-order valence-electron chi connectivity index (χ1n) is 7.19. The molecule has 1 aromatic rings. The Balaban J connectivity index is 2.87. The largest absolute Gasteiger partial charge is 0.412 e. The lowest BCUT2D eigenvalue weighted by Gasteiger charge is -2.42. The molecule has 0 amide bonds. The molecule has 0 aliphatic carbocycles. The van der Waals surface area contributed by atoms with Crippen LogP contribution in [0.2, 0.25) is 16.6 Å². The fourth-order valence-corrected chi connectivity index (χ4v) is 8.71. The molecule has 0 radical (unpaired) electrons. The summed E-state index contributed by atoms with van der Waals surface area (Å²) in [5.41, 5.74) is 2.79. The van der Waals surface area contributed by atoms with Gasteiger partial charge in [0.15, 0.2) is 0 Å². The van der Waals surface area contributed by atoms with E-state index in [0.717, 1.165) is 5.56 Å². The number of benzene rings is 1. The summed E-state index contributed by atoms with van der Waals surface area (Å²) in [6, 6.07) is 6.63. The first-order chi connectivity index (χ1) is 8.80. The van der Waals surface area contributed by atoms with E-state index < -0.39 is 8.32 Å². The van der Waals surface area contributed by atoms with Crippen molar-refractivity contribution in [2.24, 2.45) is 0 Å². The summed E-state index contributed by atoms with van der Waals surface area (Å²) in [6.07, 6.45) is 0. The second kappa shape index (κ2) is 6.66. The van der Waals surface area contributed by atoms with Gasteiger partial charge in [0.2, 0.25) is 8.32 Å². The van der Waals surface area contributed by atoms with Crippen LogP contribution in [0.1, 0.15) is 47.1 Å². The van der Waals surface area contributed by atoms with Gasteiger partial charge in [0.05, 0.1) is 6.61 Å². The average molecular weight is 282 g/mol. The van der Waals surface area contributed by atoms with E-state index >= 15 is 0 Å². The van der Waals surface area contributed by atoms with E-state index in [1.54, 1.807) is 0 Å². The molecule has 0 aromatic heterocycles. The third-order valence-corrected chi connectivity index (χ3v) is 10.2. The second-order valence-electron chi connectivity index (χ2n) is 6.23. The van der Waals surface area contributed by atoms with Crippen LogP contribution in [0.15, 0.2) is 24.3 Å². The number of halogens is 1. The molecule has 0 atom stereocenters. The third kappa shape index (κ3) is 3.66. The Morgan fingerprint density at radius 1 is 0.895 bits per heavy atom. The van der Waals surface area contributed by atoms with Crippen LogP contribution in [0.25, 0.3) is 0 Å². The minimum atomic E-state index is -1.82. The van der Waals surface area contributed by atoms with E-state index in [1.807, 2.05) is 12.1 Å². The average Bonchev–Trinajstić information content (AvgIpc) is 2.30. The maximum absolute atomic E-state index is 12.9. The van der Waals surface area contributed by atoms with Gasteiger partial charge in [-0.15, -0.1) is 0 Å². The maximum Gasteiger partial charge on any atom is 0.200 e. The molecule has 0 aliphatic rings. The fourth-order valence-electron chi connectivity index (χ4n) is 3.29. The second-order valence-corrected chi connectivity index (χ2v) is 11.7. The van der Waals surface area contributed by atoms with Gasteiger partial charge in [-0.05, 0) is 34.3 Å². The molecule has 0 aliphatic heterocycles. The molecule has 19 heavy (non-hydrogen) atoms. The Morgan fingerprint density at radius 2 is 1.32 bits per heavy atom. The SMILES string of the molecule is CC(C)[Si](OCc1ccc(F)cc1)(C(C)C)C(C)C. The number of rotatable bonds is 6. The van der Waals surface area contributed by atoms with E-state index in [2.05, 4.69) is 41.5 Å². The molecule has 0 fully saturated rings. The lowest BCUT2D eigenvalue weighted by atomic mass is 10.2. The van der Waals surface area contributed by atoms with Gasteiger partial charge in [0.25, 0.3) is 0 Å². The van der Waals surface area contributed by atoms with Crippen LogP contribution >= 0.6 is 0 Å². The Bertz CT molecular complexity index is 362. The topological polar surface area (TPSA) is 9.23 Å². The van der Waals surface area contributed by atoms with Crippen molar-refractivity contribution in [1.82, 2.24) is 0 Å². The molecule has 0 unspecified atom stereocenters. The van der Waals surface area contributed by atoms with Gasteiger partial charge >= 0.3 is 0 Å². The van der Waals surface area contributed by atoms with Crippen LogP contribution in [0.5, 0.6) is 0 Å². The number of hydrogen-bond acceptors (Lipinski definition) is 1. The van der Waals surface area contributed by atoms with Crippen molar-refractivity contribution in [3.05, 3.63) is 35.6 Å². The zero-order valence-corrected chi connectivity index (χ0v) is 14.0. The van der Waals surface area contributed by atoms with Crippen LogP contribution in [0.4, 0.5) is 4.39 Å². The molecular formula is C16H27FOSi. The molecule has 1 aromatic carbocycles. The zero-order valence-electron chi connectivity index (χ0n) is 13.0. The molecular weight excluding hydrogens is 255 g/mol. The summed E-state index contributed by atoms with van der Waals surface area (Å²) in [7, 11) is -1.82. The highest BCUT2D eigenvalue weighted by atomic mass is 28.4. The van der Waals surface area contributed by atoms with Crippen molar-refractivity contribution in [3.63, 3.8) is 0 Å². The lowest BCUT2D eigenvalue weighted by molar-refractivity contribution is 0.266. The van der Waals surface area contributed by atoms with Crippen molar-refractivity contribution in [2.75, 3.05) is 0 Å². The van der Waals surface area contributed by atoms with Crippen molar-refractivity contribution in [3.8, 4) is 0 Å². The van der Waals surface area contributed by atoms with Crippen molar-refractivity contribution >= 4 is 8.32 Å². The zero-order chi connectivity index (χ0) is 14.6. The smallest absolute Gasteiger partial charge is 0.200 e. The van der Waals surface area contributed by atoms with Crippen LogP contribution < -0.4 is 0 Å². The van der Waals surface area contributed by atoms with Gasteiger partial charge in [-0.25, -0.2) is 4.39 Å². The first kappa shape index (κ1) is 16.4. The molecule has 0 saturated carbocycles. The van der Waals surface area contributed by atoms with Gasteiger partial charge < -0.3 is 4.43 Å². The van der Waals surface area contributed by atoms with Gasteiger partial charge in [0.1, 0.15) is 5.82 Å². The summed E-state index contributed by atoms with van der Waals surface area (Å²) in [5, 5.41) is 0. The van der Waals surface area contributed by atoms with Crippen molar-refractivity contribution < 1.29 is 8.82 Å². The monoisotopic (exact) mass is 282 g/mol. The van der Waals surface area contributed by atoms with Crippen LogP contribution in [0, 0.1) is 5.82 Å². The van der Waals surface area contributed by atoms with Crippen LogP contribution in [-0.4, -0.2) is 8.32 Å². The fraction of sp³-hybridized carbons (Fsp3) is 0.625. The Labute approximate surface area is 118 Å². The summed E-state index contributed by atoms with van der Waals surface area (Å²) in [5.74, 6) is -0.191. The summed E-state index contributed by atoms with van der Waals surface area (Å²) in [6.45, 7) is 14.2. The van der Waals surface area contributed by atoms with Crippen LogP contribution in [0.3, 0.4) is 0 Å². The molecule has 0 bridgehead atoms. The molecule has 0 saturated heterocycles. The maximum atomic E-state index is 12.9. The summed E-state index contributed by atoms with van der Waals surface area (Å²) >= 11 is 0. The predicted octanol–water partition coefficient (Wildman–Crippen LogP) is 5.52. The highest BCUT2D eigenvalue weighted by Gasteiger charge is 2.44. The standard InChI is InChI=1S/C16H27FOSi/c1-12(2)19(13(3)4,14(5)6)18-11-15-7-9-16(17)10-8-15/h7-10,12-14H,11H2,1-6H3. The van der Waals surface area contributed by atoms with E-state index in [4.69, 9.17) is 4.43 Å². The van der Waals surface area contributed by atoms with Gasteiger partial charge in [-0.2, -0.15) is 0 Å². The molecule has 0 N–H and O–H groups in total. The minimum absolute atomic E-state index is 0.191. The molecule has 108 valence electrons. The molecule has 3 heteroatoms. The van der Waals surface area contributed by atoms with Crippen molar-refractivity contribution in [1.29, 1.82) is 0 Å². The van der Waals surface area contributed by atoms with Gasteiger partial charge in [-0.1, -0.05) is 53.7 Å². The predicted molar refractivity (Wildman–Crippen MR) is 82.2 cm³/mol. The van der Waals surface area contributed by atoms with E-state index in [0.29, 0.717) is 23.2 Å². The van der Waals surface area contributed by atoms with Gasteiger partial charge in [-0.3, -0.25) is 0 Å². The minimum Gasteiger partial charge on any atom is -0.412 e. The highest BCUT2D eigenvalue weighted by Crippen LogP contribution is 2.42. The Morgan fingerprint density at radius 3 is 1.68 bits per heavy atom. The summed E-state index contributed by atoms with van der Waals surface area (Å²) in [4.78, 5) is 0. The van der Waals surface area contributed by atoms with E-state index in [1.165, 1.54) is 12.1 Å². The molecule has 0 heterocycles. The van der Waals surface area contributed by atoms with E-state index in [-0.39, 0.29) is 5.82 Å². The lowest BCUT2D eigenvalue weighted by Crippen LogP contribution is -2.47. The van der Waals surface area contributed by atoms with Crippen molar-refractivity contribution in [2.45, 2.75) is 64.8 Å². The third-order valence-electron chi connectivity index (χ3n) is 4.11. The van der Waals surface area contributed by atoms with E-state index in [9.17, 15) is 4.39 Å². The first-order valence-corrected chi connectivity index (χ1v) is 9.33. The van der Waals surface area contributed by atoms with Gasteiger partial charge in [0, 0.05) is 0 Å². The highest BCUT2D eigenvalue weighted by molar-refractivity contribution is 6.77. The quantitative estimate of drug-likeness (QED) is 0.624. The normalized spacial score (nSPS) is 12.7. The summed E-state index contributed by atoms with van der Waals surface area (Å²) < 4.78 is 19.4. The molecule has 1 rings (SSSR count). The molecule has 0 spiro atoms. The number of hydrogen-bond donors (Lipinski definition) is 0. The Kier molecular flexibility index (Phi) is 5.75. The van der Waals surface area contributed by atoms with Crippen LogP contribution in [-0.2, 0) is 11.0 Å². The molecule has 1 nitrogen and oxygen atoms in total. The Hall–Kier alpha value is -0.673.